The third-order valence-corrected chi connectivity index (χ3v) is 5.51. The molecule has 3 aromatic rings. The van der Waals surface area contributed by atoms with E-state index in [1.54, 1.807) is 32.9 Å². The number of aromatic nitrogens is 3. The zero-order valence-corrected chi connectivity index (χ0v) is 17.4. The molecule has 8 heteroatoms. The highest BCUT2D eigenvalue weighted by molar-refractivity contribution is 6.30. The van der Waals surface area contributed by atoms with Crippen molar-refractivity contribution in [2.75, 3.05) is 26.2 Å². The van der Waals surface area contributed by atoms with Crippen molar-refractivity contribution in [1.82, 2.24) is 24.6 Å². The average molecular weight is 424 g/mol. The first-order valence-corrected chi connectivity index (χ1v) is 10.2. The van der Waals surface area contributed by atoms with Crippen LogP contribution in [-0.4, -0.2) is 62.6 Å². The number of piperazine rings is 1. The molecule has 1 aromatic carbocycles. The van der Waals surface area contributed by atoms with E-state index >= 15 is 0 Å². The summed E-state index contributed by atoms with van der Waals surface area (Å²) in [6.07, 6.45) is 3.56. The third kappa shape index (κ3) is 4.21. The molecule has 7 nitrogen and oxygen atoms in total. The minimum atomic E-state index is -0.0717. The van der Waals surface area contributed by atoms with Crippen LogP contribution < -0.4 is 0 Å². The maximum atomic E-state index is 13.0. The van der Waals surface area contributed by atoms with E-state index in [0.29, 0.717) is 36.8 Å². The van der Waals surface area contributed by atoms with Crippen molar-refractivity contribution in [2.24, 2.45) is 0 Å². The summed E-state index contributed by atoms with van der Waals surface area (Å²) >= 11 is 6.08. The predicted octanol–water partition coefficient (Wildman–Crippen LogP) is 2.76. The predicted molar refractivity (Wildman–Crippen MR) is 114 cm³/mol. The summed E-state index contributed by atoms with van der Waals surface area (Å²) in [4.78, 5) is 33.3. The number of amides is 2. The molecule has 154 valence electrons. The normalized spacial score (nSPS) is 14.1. The molecule has 0 aliphatic carbocycles. The lowest BCUT2D eigenvalue weighted by Crippen LogP contribution is -2.51. The summed E-state index contributed by atoms with van der Waals surface area (Å²) in [7, 11) is 0. The Hall–Kier alpha value is -3.19. The van der Waals surface area contributed by atoms with E-state index in [2.05, 4.69) is 10.1 Å². The van der Waals surface area contributed by atoms with Crippen LogP contribution in [0.1, 0.15) is 21.7 Å². The van der Waals surface area contributed by atoms with Gasteiger partial charge in [0.05, 0.1) is 29.6 Å². The monoisotopic (exact) mass is 423 g/mol. The van der Waals surface area contributed by atoms with Gasteiger partial charge in [0.15, 0.2) is 0 Å². The number of benzene rings is 1. The van der Waals surface area contributed by atoms with Crippen molar-refractivity contribution >= 4 is 23.4 Å². The Labute approximate surface area is 179 Å². The van der Waals surface area contributed by atoms with Crippen molar-refractivity contribution < 1.29 is 9.59 Å². The van der Waals surface area contributed by atoms with Crippen LogP contribution in [0.3, 0.4) is 0 Å². The highest BCUT2D eigenvalue weighted by atomic mass is 35.5. The van der Waals surface area contributed by atoms with Crippen molar-refractivity contribution in [3.8, 4) is 5.69 Å². The van der Waals surface area contributed by atoms with E-state index in [1.165, 1.54) is 0 Å². The molecule has 2 amide bonds. The first-order valence-electron chi connectivity index (χ1n) is 9.80. The summed E-state index contributed by atoms with van der Waals surface area (Å²) in [5.74, 6) is -0.0386. The number of rotatable bonds is 4. The summed E-state index contributed by atoms with van der Waals surface area (Å²) in [6.45, 7) is 3.88. The number of carbonyl (C=O) groups excluding carboxylic acids is 2. The molecule has 1 aliphatic rings. The smallest absolute Gasteiger partial charge is 0.257 e. The molecule has 4 rings (SSSR count). The summed E-state index contributed by atoms with van der Waals surface area (Å²) in [5, 5.41) is 4.98. The van der Waals surface area contributed by atoms with Crippen LogP contribution in [0.2, 0.25) is 5.02 Å². The summed E-state index contributed by atoms with van der Waals surface area (Å²) in [5.41, 5.74) is 2.88. The van der Waals surface area contributed by atoms with Crippen LogP contribution in [0.4, 0.5) is 0 Å². The Morgan fingerprint density at radius 1 is 1.03 bits per heavy atom. The Bertz CT molecular complexity index is 1060. The number of nitrogens with zero attached hydrogens (tertiary/aromatic N) is 5. The zero-order chi connectivity index (χ0) is 21.1. The van der Waals surface area contributed by atoms with Gasteiger partial charge in [0, 0.05) is 43.1 Å². The molecule has 1 fully saturated rings. The van der Waals surface area contributed by atoms with Crippen LogP contribution in [-0.2, 0) is 11.2 Å². The van der Waals surface area contributed by atoms with Crippen LogP contribution >= 0.6 is 11.6 Å². The van der Waals surface area contributed by atoms with E-state index < -0.39 is 0 Å². The Kier molecular flexibility index (Phi) is 5.81. The number of pyridine rings is 1. The molecule has 0 saturated carbocycles. The van der Waals surface area contributed by atoms with Gasteiger partial charge >= 0.3 is 0 Å². The molecule has 0 unspecified atom stereocenters. The zero-order valence-electron chi connectivity index (χ0n) is 16.7. The average Bonchev–Trinajstić information content (AvgIpc) is 3.15. The highest BCUT2D eigenvalue weighted by Crippen LogP contribution is 2.19. The summed E-state index contributed by atoms with van der Waals surface area (Å²) < 4.78 is 1.71. The van der Waals surface area contributed by atoms with Gasteiger partial charge in [-0.15, -0.1) is 0 Å². The Morgan fingerprint density at radius 2 is 1.80 bits per heavy atom. The van der Waals surface area contributed by atoms with E-state index in [9.17, 15) is 9.59 Å². The fourth-order valence-electron chi connectivity index (χ4n) is 3.59. The molecule has 0 bridgehead atoms. The molecule has 3 heterocycles. The minimum absolute atomic E-state index is 0.0331. The van der Waals surface area contributed by atoms with Crippen molar-refractivity contribution in [1.29, 1.82) is 0 Å². The third-order valence-electron chi connectivity index (χ3n) is 5.27. The molecule has 1 aliphatic heterocycles. The van der Waals surface area contributed by atoms with Gasteiger partial charge in [-0.1, -0.05) is 23.7 Å². The van der Waals surface area contributed by atoms with Gasteiger partial charge in [0.25, 0.3) is 5.91 Å². The summed E-state index contributed by atoms with van der Waals surface area (Å²) in [6, 6.07) is 12.9. The van der Waals surface area contributed by atoms with Crippen LogP contribution in [0.25, 0.3) is 5.69 Å². The van der Waals surface area contributed by atoms with E-state index in [0.717, 1.165) is 17.1 Å². The number of carbonyl (C=O) groups is 2. The lowest BCUT2D eigenvalue weighted by atomic mass is 10.2. The van der Waals surface area contributed by atoms with Gasteiger partial charge in [-0.2, -0.15) is 5.10 Å². The lowest BCUT2D eigenvalue weighted by Gasteiger charge is -2.34. The number of hydrogen-bond donors (Lipinski definition) is 0. The van der Waals surface area contributed by atoms with Gasteiger partial charge in [0.1, 0.15) is 0 Å². The Balaban J connectivity index is 1.39. The van der Waals surface area contributed by atoms with Crippen molar-refractivity contribution in [3.63, 3.8) is 0 Å². The fraction of sp³-hybridized carbons (Fsp3) is 0.273. The van der Waals surface area contributed by atoms with Crippen LogP contribution in [0.5, 0.6) is 0 Å². The van der Waals surface area contributed by atoms with E-state index in [1.807, 2.05) is 43.3 Å². The molecule has 0 atom stereocenters. The topological polar surface area (TPSA) is 71.3 Å². The van der Waals surface area contributed by atoms with Crippen LogP contribution in [0.15, 0.2) is 54.9 Å². The van der Waals surface area contributed by atoms with E-state index in [-0.39, 0.29) is 18.2 Å². The van der Waals surface area contributed by atoms with Crippen molar-refractivity contribution in [2.45, 2.75) is 13.3 Å². The minimum Gasteiger partial charge on any atom is -0.339 e. The first-order chi connectivity index (χ1) is 14.5. The van der Waals surface area contributed by atoms with Gasteiger partial charge in [0.2, 0.25) is 5.91 Å². The second-order valence-electron chi connectivity index (χ2n) is 7.21. The molecular formula is C22H22ClN5O2. The fourth-order valence-corrected chi connectivity index (χ4v) is 3.77. The van der Waals surface area contributed by atoms with Gasteiger partial charge in [-0.25, -0.2) is 4.68 Å². The molecule has 0 spiro atoms. The van der Waals surface area contributed by atoms with E-state index in [4.69, 9.17) is 11.6 Å². The first kappa shape index (κ1) is 20.1. The second-order valence-corrected chi connectivity index (χ2v) is 7.64. The molecule has 0 radical (unpaired) electrons. The standard InChI is InChI=1S/C22H22ClN5O2/c1-16-20(15-25-28(16)19-7-4-5-17(23)13-19)22(30)27-11-9-26(10-12-27)21(29)14-18-6-2-3-8-24-18/h2-8,13,15H,9-12,14H2,1H3. The molecular weight excluding hydrogens is 402 g/mol. The SMILES string of the molecule is Cc1c(C(=O)N2CCN(C(=O)Cc3ccccn3)CC2)cnn1-c1cccc(Cl)c1. The largest absolute Gasteiger partial charge is 0.339 e. The lowest BCUT2D eigenvalue weighted by molar-refractivity contribution is -0.132. The number of halogens is 1. The Morgan fingerprint density at radius 3 is 2.50 bits per heavy atom. The number of hydrogen-bond acceptors (Lipinski definition) is 4. The molecule has 0 N–H and O–H groups in total. The molecule has 1 saturated heterocycles. The van der Waals surface area contributed by atoms with Crippen LogP contribution in [0, 0.1) is 6.92 Å². The van der Waals surface area contributed by atoms with Gasteiger partial charge in [-0.3, -0.25) is 14.6 Å². The van der Waals surface area contributed by atoms with Gasteiger partial charge in [-0.05, 0) is 37.3 Å². The second kappa shape index (κ2) is 8.67. The highest BCUT2D eigenvalue weighted by Gasteiger charge is 2.27. The quantitative estimate of drug-likeness (QED) is 0.647. The van der Waals surface area contributed by atoms with Crippen molar-refractivity contribution in [3.05, 3.63) is 76.8 Å². The molecule has 30 heavy (non-hydrogen) atoms. The maximum absolute atomic E-state index is 13.0. The molecule has 2 aromatic heterocycles. The maximum Gasteiger partial charge on any atom is 0.257 e. The van der Waals surface area contributed by atoms with Gasteiger partial charge < -0.3 is 9.80 Å².